The van der Waals surface area contributed by atoms with Crippen molar-refractivity contribution < 1.29 is 13.9 Å². The summed E-state index contributed by atoms with van der Waals surface area (Å²) in [6.07, 6.45) is 1.00. The van der Waals surface area contributed by atoms with Crippen LogP contribution in [0.25, 0.3) is 0 Å². The third-order valence-electron chi connectivity index (χ3n) is 5.00. The molecule has 0 atom stereocenters. The first kappa shape index (κ1) is 20.3. The third kappa shape index (κ3) is 5.78. The van der Waals surface area contributed by atoms with Crippen LogP contribution >= 0.6 is 0 Å². The fourth-order valence-corrected chi connectivity index (χ4v) is 3.50. The lowest BCUT2D eigenvalue weighted by Gasteiger charge is -2.21. The number of rotatable bonds is 6. The van der Waals surface area contributed by atoms with Gasteiger partial charge >= 0.3 is 0 Å². The lowest BCUT2D eigenvalue weighted by molar-refractivity contribution is -0.117. The van der Waals surface area contributed by atoms with Gasteiger partial charge in [0, 0.05) is 19.6 Å². The number of ether oxygens (including phenoxy) is 1. The van der Waals surface area contributed by atoms with E-state index in [4.69, 9.17) is 4.74 Å². The average Bonchev–Trinajstić information content (AvgIpc) is 2.89. The number of nitrogens with one attached hydrogen (secondary N) is 1. The molecular weight excluding hydrogens is 357 g/mol. The zero-order valence-electron chi connectivity index (χ0n) is 16.6. The van der Waals surface area contributed by atoms with E-state index in [0.717, 1.165) is 50.3 Å². The Balaban J connectivity index is 1.51. The van der Waals surface area contributed by atoms with Crippen molar-refractivity contribution in [2.45, 2.75) is 19.9 Å². The molecule has 0 spiro atoms. The van der Waals surface area contributed by atoms with Crippen molar-refractivity contribution in [1.82, 2.24) is 9.80 Å². The Morgan fingerprint density at radius 2 is 1.79 bits per heavy atom. The van der Waals surface area contributed by atoms with E-state index in [1.54, 1.807) is 7.11 Å². The van der Waals surface area contributed by atoms with Crippen LogP contribution in [0, 0.1) is 12.7 Å². The summed E-state index contributed by atoms with van der Waals surface area (Å²) >= 11 is 0. The standard InChI is InChI=1S/C22H28FN3O2/c1-17-4-9-21(28-2)20(14-17)24-22(27)16-26-11-3-10-25(12-13-26)15-18-5-7-19(23)8-6-18/h4-9,14H,3,10-13,15-16H2,1-2H3,(H,24,27). The lowest BCUT2D eigenvalue weighted by atomic mass is 10.2. The Labute approximate surface area is 166 Å². The van der Waals surface area contributed by atoms with Crippen LogP contribution in [0.2, 0.25) is 0 Å². The third-order valence-corrected chi connectivity index (χ3v) is 5.00. The molecule has 2 aromatic rings. The molecule has 0 unspecified atom stereocenters. The van der Waals surface area contributed by atoms with Gasteiger partial charge in [-0.1, -0.05) is 18.2 Å². The molecule has 0 radical (unpaired) electrons. The van der Waals surface area contributed by atoms with Crippen molar-refractivity contribution in [3.05, 3.63) is 59.4 Å². The first-order valence-corrected chi connectivity index (χ1v) is 9.67. The molecule has 1 aliphatic heterocycles. The van der Waals surface area contributed by atoms with Crippen LogP contribution in [0.1, 0.15) is 17.5 Å². The monoisotopic (exact) mass is 385 g/mol. The number of carbonyl (C=O) groups excluding carboxylic acids is 1. The summed E-state index contributed by atoms with van der Waals surface area (Å²) in [7, 11) is 1.60. The van der Waals surface area contributed by atoms with Crippen LogP contribution in [-0.2, 0) is 11.3 Å². The number of methoxy groups -OCH3 is 1. The van der Waals surface area contributed by atoms with Crippen LogP contribution in [0.15, 0.2) is 42.5 Å². The number of nitrogens with zero attached hydrogens (tertiary/aromatic N) is 2. The molecule has 0 aromatic heterocycles. The van der Waals surface area contributed by atoms with Gasteiger partial charge in [0.05, 0.1) is 19.3 Å². The molecule has 5 nitrogen and oxygen atoms in total. The second-order valence-corrected chi connectivity index (χ2v) is 7.28. The molecule has 3 rings (SSSR count). The predicted molar refractivity (Wildman–Crippen MR) is 109 cm³/mol. The molecule has 1 N–H and O–H groups in total. The van der Waals surface area contributed by atoms with Crippen LogP contribution < -0.4 is 10.1 Å². The molecule has 0 bridgehead atoms. The molecule has 6 heteroatoms. The summed E-state index contributed by atoms with van der Waals surface area (Å²) in [5, 5.41) is 2.97. The maximum Gasteiger partial charge on any atom is 0.238 e. The van der Waals surface area contributed by atoms with Crippen LogP contribution in [-0.4, -0.2) is 55.5 Å². The van der Waals surface area contributed by atoms with Gasteiger partial charge in [-0.15, -0.1) is 0 Å². The molecule has 1 fully saturated rings. The smallest absolute Gasteiger partial charge is 0.238 e. The fraction of sp³-hybridized carbons (Fsp3) is 0.409. The minimum atomic E-state index is -0.206. The molecular formula is C22H28FN3O2. The molecule has 1 amide bonds. The maximum atomic E-state index is 13.1. The van der Waals surface area contributed by atoms with E-state index >= 15 is 0 Å². The number of aryl methyl sites for hydroxylation is 1. The Morgan fingerprint density at radius 3 is 2.54 bits per heavy atom. The van der Waals surface area contributed by atoms with Gasteiger partial charge in [0.15, 0.2) is 0 Å². The van der Waals surface area contributed by atoms with Gasteiger partial charge in [-0.25, -0.2) is 4.39 Å². The van der Waals surface area contributed by atoms with Crippen molar-refractivity contribution in [3.63, 3.8) is 0 Å². The van der Waals surface area contributed by atoms with Crippen LogP contribution in [0.5, 0.6) is 5.75 Å². The van der Waals surface area contributed by atoms with Gasteiger partial charge in [0.1, 0.15) is 11.6 Å². The fourth-order valence-electron chi connectivity index (χ4n) is 3.50. The summed E-state index contributed by atoms with van der Waals surface area (Å²) in [5.41, 5.74) is 2.89. The second-order valence-electron chi connectivity index (χ2n) is 7.28. The molecule has 0 saturated carbocycles. The minimum absolute atomic E-state index is 0.0316. The summed E-state index contributed by atoms with van der Waals surface area (Å²) < 4.78 is 18.4. The normalized spacial score (nSPS) is 15.8. The van der Waals surface area contributed by atoms with E-state index in [0.29, 0.717) is 18.0 Å². The largest absolute Gasteiger partial charge is 0.495 e. The van der Waals surface area contributed by atoms with E-state index in [1.165, 1.54) is 12.1 Å². The van der Waals surface area contributed by atoms with Gasteiger partial charge in [-0.2, -0.15) is 0 Å². The number of amides is 1. The summed E-state index contributed by atoms with van der Waals surface area (Å²) in [6.45, 7) is 6.74. The van der Waals surface area contributed by atoms with Crippen molar-refractivity contribution in [2.75, 3.05) is 45.2 Å². The number of benzene rings is 2. The predicted octanol–water partition coefficient (Wildman–Crippen LogP) is 3.29. The van der Waals surface area contributed by atoms with Gasteiger partial charge in [-0.3, -0.25) is 14.6 Å². The molecule has 0 aliphatic carbocycles. The van der Waals surface area contributed by atoms with Gasteiger partial charge in [0.25, 0.3) is 0 Å². The molecule has 1 saturated heterocycles. The van der Waals surface area contributed by atoms with Crippen molar-refractivity contribution >= 4 is 11.6 Å². The highest BCUT2D eigenvalue weighted by Crippen LogP contribution is 2.25. The highest BCUT2D eigenvalue weighted by Gasteiger charge is 2.18. The summed E-state index contributed by atoms with van der Waals surface area (Å²) in [4.78, 5) is 17.1. The van der Waals surface area contributed by atoms with E-state index in [1.807, 2.05) is 37.3 Å². The first-order valence-electron chi connectivity index (χ1n) is 9.67. The zero-order valence-corrected chi connectivity index (χ0v) is 16.6. The molecule has 150 valence electrons. The molecule has 1 aliphatic rings. The summed E-state index contributed by atoms with van der Waals surface area (Å²) in [6, 6.07) is 12.4. The Kier molecular flexibility index (Phi) is 7.01. The van der Waals surface area contributed by atoms with E-state index < -0.39 is 0 Å². The SMILES string of the molecule is COc1ccc(C)cc1NC(=O)CN1CCCN(Cc2ccc(F)cc2)CC1. The highest BCUT2D eigenvalue weighted by atomic mass is 19.1. The summed E-state index contributed by atoms with van der Waals surface area (Å²) in [5.74, 6) is 0.429. The Morgan fingerprint density at radius 1 is 1.07 bits per heavy atom. The molecule has 2 aromatic carbocycles. The van der Waals surface area contributed by atoms with Gasteiger partial charge in [0.2, 0.25) is 5.91 Å². The number of anilines is 1. The maximum absolute atomic E-state index is 13.1. The van der Waals surface area contributed by atoms with Crippen LogP contribution in [0.4, 0.5) is 10.1 Å². The van der Waals surface area contributed by atoms with E-state index in [2.05, 4.69) is 15.1 Å². The Bertz CT molecular complexity index is 795. The first-order chi connectivity index (χ1) is 13.5. The topological polar surface area (TPSA) is 44.8 Å². The van der Waals surface area contributed by atoms with Crippen molar-refractivity contribution in [1.29, 1.82) is 0 Å². The Hall–Kier alpha value is -2.44. The molecule has 1 heterocycles. The minimum Gasteiger partial charge on any atom is -0.495 e. The lowest BCUT2D eigenvalue weighted by Crippen LogP contribution is -2.36. The van der Waals surface area contributed by atoms with Crippen molar-refractivity contribution in [2.24, 2.45) is 0 Å². The number of halogens is 1. The van der Waals surface area contributed by atoms with Gasteiger partial charge in [-0.05, 0) is 61.8 Å². The second kappa shape index (κ2) is 9.66. The number of carbonyl (C=O) groups is 1. The number of hydrogen-bond donors (Lipinski definition) is 1. The zero-order chi connectivity index (χ0) is 19.9. The average molecular weight is 385 g/mol. The van der Waals surface area contributed by atoms with Gasteiger partial charge < -0.3 is 10.1 Å². The highest BCUT2D eigenvalue weighted by molar-refractivity contribution is 5.93. The van der Waals surface area contributed by atoms with Crippen LogP contribution in [0.3, 0.4) is 0 Å². The van der Waals surface area contributed by atoms with E-state index in [9.17, 15) is 9.18 Å². The molecule has 28 heavy (non-hydrogen) atoms. The number of hydrogen-bond acceptors (Lipinski definition) is 4. The van der Waals surface area contributed by atoms with Crippen molar-refractivity contribution in [3.8, 4) is 5.75 Å². The quantitative estimate of drug-likeness (QED) is 0.829. The van der Waals surface area contributed by atoms with E-state index in [-0.39, 0.29) is 11.7 Å².